The number of carboxylic acids is 1. The largest absolute Gasteiger partial charge is 0.543 e. The minimum absolute atomic E-state index is 0.111. The first kappa shape index (κ1) is 24.1. The van der Waals surface area contributed by atoms with Crippen molar-refractivity contribution in [2.45, 2.75) is 26.3 Å². The monoisotopic (exact) mass is 472 g/mol. The Kier molecular flexibility index (Phi) is 6.66. The Balaban J connectivity index is 1.84. The fraction of sp³-hybridized carbons (Fsp3) is 0.259. The first-order valence-electron chi connectivity index (χ1n) is 11.6. The molecule has 1 N–H and O–H groups in total. The lowest BCUT2D eigenvalue weighted by molar-refractivity contribution is -0.945. The van der Waals surface area contributed by atoms with Crippen molar-refractivity contribution in [3.05, 3.63) is 83.8 Å². The number of pyridine rings is 1. The molecule has 0 aliphatic carbocycles. The van der Waals surface area contributed by atoms with E-state index in [1.54, 1.807) is 19.4 Å². The molecule has 4 rings (SSSR count). The van der Waals surface area contributed by atoms with Crippen LogP contribution in [0.5, 0.6) is 0 Å². The van der Waals surface area contributed by atoms with Crippen molar-refractivity contribution >= 4 is 34.1 Å². The van der Waals surface area contributed by atoms with Gasteiger partial charge in [-0.1, -0.05) is 54.6 Å². The maximum atomic E-state index is 14.0. The Morgan fingerprint density at radius 1 is 1.09 bits per heavy atom. The van der Waals surface area contributed by atoms with Gasteiger partial charge >= 0.3 is 5.91 Å². The first-order chi connectivity index (χ1) is 16.8. The van der Waals surface area contributed by atoms with Crippen LogP contribution in [-0.4, -0.2) is 58.4 Å². The third-order valence-corrected chi connectivity index (χ3v) is 6.67. The molecule has 0 saturated carbocycles. The number of quaternary nitrogens is 1. The molecule has 2 unspecified atom stereocenters. The van der Waals surface area contributed by atoms with Gasteiger partial charge in [0.15, 0.2) is 11.8 Å². The first-order valence-corrected chi connectivity index (χ1v) is 11.6. The number of carboxylic acid groups (broad SMARTS) is 1. The van der Waals surface area contributed by atoms with E-state index < -0.39 is 17.8 Å². The Labute approximate surface area is 204 Å². The number of carbonyl (C=O) groups is 3. The van der Waals surface area contributed by atoms with Gasteiger partial charge in [-0.15, -0.1) is 0 Å². The highest BCUT2D eigenvalue weighted by Gasteiger charge is 2.52. The second-order valence-electron chi connectivity index (χ2n) is 8.74. The van der Waals surface area contributed by atoms with Gasteiger partial charge in [0, 0.05) is 17.0 Å². The zero-order valence-corrected chi connectivity index (χ0v) is 20.0. The third-order valence-electron chi connectivity index (χ3n) is 6.67. The summed E-state index contributed by atoms with van der Waals surface area (Å²) in [6.07, 6.45) is 3.77. The smallest absolute Gasteiger partial charge is 0.364 e. The Hall–Kier alpha value is -4.04. The van der Waals surface area contributed by atoms with Crippen LogP contribution in [0.3, 0.4) is 0 Å². The lowest BCUT2D eigenvalue weighted by atomic mass is 9.95. The molecule has 2 aromatic carbocycles. The average molecular weight is 473 g/mol. The topological polar surface area (TPSA) is 102 Å². The number of carbonyl (C=O) groups excluding carboxylic acids is 3. The van der Waals surface area contributed by atoms with Crippen LogP contribution in [0, 0.1) is 0 Å². The molecule has 0 radical (unpaired) electrons. The van der Waals surface area contributed by atoms with E-state index in [2.05, 4.69) is 10.3 Å². The molecule has 0 fully saturated rings. The van der Waals surface area contributed by atoms with E-state index in [0.717, 1.165) is 16.3 Å². The van der Waals surface area contributed by atoms with Crippen molar-refractivity contribution in [1.82, 2.24) is 9.99 Å². The number of hydrogen-bond donors (Lipinski definition) is 1. The predicted molar refractivity (Wildman–Crippen MR) is 130 cm³/mol. The number of likely N-dealkylation sites (N-methyl/N-ethyl adjacent to an activating group) is 1. The van der Waals surface area contributed by atoms with Crippen LogP contribution < -0.4 is 10.4 Å². The summed E-state index contributed by atoms with van der Waals surface area (Å²) >= 11 is 0. The molecule has 180 valence electrons. The minimum Gasteiger partial charge on any atom is -0.543 e. The number of amides is 1. The molecule has 1 aliphatic rings. The summed E-state index contributed by atoms with van der Waals surface area (Å²) < 4.78 is -0.317. The van der Waals surface area contributed by atoms with E-state index in [1.165, 1.54) is 11.9 Å². The van der Waals surface area contributed by atoms with Gasteiger partial charge in [0.1, 0.15) is 12.2 Å². The van der Waals surface area contributed by atoms with Crippen molar-refractivity contribution in [3.63, 3.8) is 0 Å². The Morgan fingerprint density at radius 3 is 2.43 bits per heavy atom. The van der Waals surface area contributed by atoms with Gasteiger partial charge in [0.2, 0.25) is 0 Å². The normalized spacial score (nSPS) is 20.3. The van der Waals surface area contributed by atoms with E-state index in [0.29, 0.717) is 18.7 Å². The summed E-state index contributed by atoms with van der Waals surface area (Å²) in [5.41, 5.74) is 1.16. The molecule has 0 saturated heterocycles. The maximum Gasteiger partial charge on any atom is 0.364 e. The summed E-state index contributed by atoms with van der Waals surface area (Å²) in [7, 11) is 1.67. The summed E-state index contributed by atoms with van der Waals surface area (Å²) in [6.45, 7) is 3.61. The number of nitrogens with zero attached hydrogens (tertiary/aromatic N) is 3. The molecule has 2 atom stereocenters. The molecule has 8 nitrogen and oxygen atoms in total. The molecule has 3 aromatic rings. The predicted octanol–water partition coefficient (Wildman–Crippen LogP) is 2.07. The fourth-order valence-electron chi connectivity index (χ4n) is 4.66. The number of Topliss-reactive ketones (excluding diaryl/α,β-unsaturated/α-hetero) is 1. The maximum absolute atomic E-state index is 14.0. The molecular weight excluding hydrogens is 444 g/mol. The van der Waals surface area contributed by atoms with Gasteiger partial charge < -0.3 is 15.2 Å². The zero-order chi connectivity index (χ0) is 25.2. The second-order valence-corrected chi connectivity index (χ2v) is 8.74. The lowest BCUT2D eigenvalue weighted by Gasteiger charge is -2.48. The van der Waals surface area contributed by atoms with Crippen molar-refractivity contribution < 1.29 is 24.1 Å². The number of fused-ring (bicyclic) bond motifs is 1. The fourth-order valence-corrected chi connectivity index (χ4v) is 4.66. The standard InChI is InChI=1S/C27H28N4O4/c1-4-31(3)26(33)24(29-22-17-28-16-20-12-8-9-13-21(20)22)23(18(2)32)25(27(34)35)30(31)15-14-19-10-6-5-7-11-19/h5-13,16-17,24,29H,4,14-15H2,1-3H3. The summed E-state index contributed by atoms with van der Waals surface area (Å²) in [4.78, 5) is 43.6. The minimum atomic E-state index is -1.49. The van der Waals surface area contributed by atoms with Crippen LogP contribution in [0.25, 0.3) is 10.8 Å². The van der Waals surface area contributed by atoms with Gasteiger partial charge in [-0.05, 0) is 25.8 Å². The molecule has 0 bridgehead atoms. The van der Waals surface area contributed by atoms with E-state index in [4.69, 9.17) is 0 Å². The second kappa shape index (κ2) is 9.68. The third kappa shape index (κ3) is 4.40. The number of benzene rings is 2. The van der Waals surface area contributed by atoms with Gasteiger partial charge in [-0.25, -0.2) is 9.80 Å². The van der Waals surface area contributed by atoms with Gasteiger partial charge in [0.25, 0.3) is 0 Å². The van der Waals surface area contributed by atoms with Crippen LogP contribution in [0.4, 0.5) is 5.69 Å². The van der Waals surface area contributed by atoms with Crippen LogP contribution in [0.2, 0.25) is 0 Å². The Morgan fingerprint density at radius 2 is 1.77 bits per heavy atom. The molecule has 0 spiro atoms. The summed E-state index contributed by atoms with van der Waals surface area (Å²) in [5.74, 6) is -2.32. The van der Waals surface area contributed by atoms with E-state index in [1.807, 2.05) is 61.5 Å². The van der Waals surface area contributed by atoms with Crippen LogP contribution >= 0.6 is 0 Å². The molecule has 1 amide bonds. The van der Waals surface area contributed by atoms with E-state index in [-0.39, 0.29) is 28.3 Å². The number of anilines is 1. The van der Waals surface area contributed by atoms with Gasteiger partial charge in [0.05, 0.1) is 37.0 Å². The summed E-state index contributed by atoms with van der Waals surface area (Å²) in [5, 5.41) is 18.8. The molecule has 8 heteroatoms. The SMILES string of the molecule is CC[N+]1(C)C(=O)C(Nc2cncc3ccccc23)C(C(C)=O)=C(C(=O)[O-])N1CCc1ccccc1. The van der Waals surface area contributed by atoms with Crippen LogP contribution in [0.1, 0.15) is 19.4 Å². The van der Waals surface area contributed by atoms with Crippen LogP contribution in [-0.2, 0) is 20.8 Å². The highest BCUT2D eigenvalue weighted by molar-refractivity contribution is 6.09. The Bertz CT molecular complexity index is 1320. The highest BCUT2D eigenvalue weighted by Crippen LogP contribution is 2.33. The van der Waals surface area contributed by atoms with Crippen molar-refractivity contribution in [2.75, 3.05) is 25.5 Å². The van der Waals surface area contributed by atoms with Crippen molar-refractivity contribution in [1.29, 1.82) is 0 Å². The number of aromatic nitrogens is 1. The number of hydrogen-bond acceptors (Lipinski definition) is 7. The number of aliphatic carboxylic acids is 1. The van der Waals surface area contributed by atoms with Crippen LogP contribution in [0.15, 0.2) is 78.3 Å². The number of rotatable bonds is 8. The molecule has 1 aromatic heterocycles. The van der Waals surface area contributed by atoms with E-state index in [9.17, 15) is 19.5 Å². The zero-order valence-electron chi connectivity index (χ0n) is 20.0. The molecule has 35 heavy (non-hydrogen) atoms. The van der Waals surface area contributed by atoms with Gasteiger partial charge in [-0.3, -0.25) is 9.78 Å². The van der Waals surface area contributed by atoms with E-state index >= 15 is 0 Å². The lowest BCUT2D eigenvalue weighted by Crippen LogP contribution is -2.70. The number of ketones is 1. The van der Waals surface area contributed by atoms with Crippen molar-refractivity contribution in [3.8, 4) is 0 Å². The molecule has 1 aliphatic heterocycles. The number of nitrogens with one attached hydrogen (secondary N) is 1. The van der Waals surface area contributed by atoms with Crippen molar-refractivity contribution in [2.24, 2.45) is 0 Å². The van der Waals surface area contributed by atoms with Gasteiger partial charge in [-0.2, -0.15) is 4.59 Å². The molecule has 2 heterocycles. The average Bonchev–Trinajstić information content (AvgIpc) is 2.86. The summed E-state index contributed by atoms with van der Waals surface area (Å²) in [6, 6.07) is 15.9. The molecular formula is C27H28N4O4. The quantitative estimate of drug-likeness (QED) is 0.501. The highest BCUT2D eigenvalue weighted by atomic mass is 16.4.